The minimum atomic E-state index is -9.79. The van der Waals surface area contributed by atoms with Crippen molar-refractivity contribution in [3.63, 3.8) is 0 Å². The second kappa shape index (κ2) is 6.67. The van der Waals surface area contributed by atoms with Crippen molar-refractivity contribution < 1.29 is 29.6 Å². The SMILES string of the molecule is Cc1c2c(nc(C(C)C)c1[C@@H](O)c1ccc(S(F)(F)(F)(F)F)cc1)CC1(CCC1)CC2O. The molecule has 0 bridgehead atoms. The number of benzene rings is 1. The van der Waals surface area contributed by atoms with Gasteiger partial charge in [0, 0.05) is 22.5 Å². The van der Waals surface area contributed by atoms with Gasteiger partial charge in [-0.25, -0.2) is 0 Å². The highest BCUT2D eigenvalue weighted by molar-refractivity contribution is 8.45. The fourth-order valence-electron chi connectivity index (χ4n) is 5.25. The molecule has 2 N–H and O–H groups in total. The van der Waals surface area contributed by atoms with Gasteiger partial charge in [0.2, 0.25) is 0 Å². The molecule has 32 heavy (non-hydrogen) atoms. The largest absolute Gasteiger partial charge is 0.388 e. The van der Waals surface area contributed by atoms with Crippen molar-refractivity contribution in [2.45, 2.75) is 75.9 Å². The van der Waals surface area contributed by atoms with E-state index in [1.807, 2.05) is 13.8 Å². The Bertz CT molecular complexity index is 1060. The quantitative estimate of drug-likeness (QED) is 0.451. The predicted octanol–water partition coefficient (Wildman–Crippen LogP) is 7.40. The first kappa shape index (κ1) is 23.4. The van der Waals surface area contributed by atoms with Gasteiger partial charge in [-0.2, -0.15) is 0 Å². The molecule has 1 unspecified atom stereocenters. The molecule has 0 radical (unpaired) electrons. The summed E-state index contributed by atoms with van der Waals surface area (Å²) in [6.07, 6.45) is 2.52. The number of hydrogen-bond acceptors (Lipinski definition) is 3. The van der Waals surface area contributed by atoms with Crippen molar-refractivity contribution in [2.24, 2.45) is 5.41 Å². The van der Waals surface area contributed by atoms with Gasteiger partial charge in [0.25, 0.3) is 0 Å². The Labute approximate surface area is 184 Å². The number of nitrogens with zero attached hydrogens (tertiary/aromatic N) is 1. The molecule has 0 amide bonds. The van der Waals surface area contributed by atoms with Gasteiger partial charge >= 0.3 is 10.2 Å². The molecule has 4 rings (SSSR count). The third kappa shape index (κ3) is 4.03. The van der Waals surface area contributed by atoms with E-state index < -0.39 is 27.3 Å². The standard InChI is InChI=1S/C23H28F5NO2S/c1-13(2)21-20(22(31)15-5-7-16(8-6-15)32(24,25,26,27)28)14(3)19-17(29-21)11-23(9-4-10-23)12-18(19)30/h5-8,13,18,22,30-31H,4,9-12H2,1-3H3/t18?,22-/m0/s1. The molecule has 9 heteroatoms. The van der Waals surface area contributed by atoms with Gasteiger partial charge in [0.1, 0.15) is 11.0 Å². The lowest BCUT2D eigenvalue weighted by Gasteiger charge is -2.47. The number of aliphatic hydroxyl groups is 2. The van der Waals surface area contributed by atoms with Crippen LogP contribution in [0.4, 0.5) is 19.4 Å². The van der Waals surface area contributed by atoms with E-state index in [0.717, 1.165) is 43.5 Å². The molecular weight excluding hydrogens is 449 g/mol. The number of fused-ring (bicyclic) bond motifs is 1. The summed E-state index contributed by atoms with van der Waals surface area (Å²) >= 11 is 0. The van der Waals surface area contributed by atoms with Crippen molar-refractivity contribution in [3.05, 3.63) is 57.9 Å². The number of hydrogen-bond donors (Lipinski definition) is 2. The van der Waals surface area contributed by atoms with Crippen molar-refractivity contribution in [1.82, 2.24) is 4.98 Å². The van der Waals surface area contributed by atoms with Crippen molar-refractivity contribution in [2.75, 3.05) is 0 Å². The minimum absolute atomic E-state index is 0.0584. The molecule has 2 aromatic rings. The third-order valence-corrected chi connectivity index (χ3v) is 8.19. The Morgan fingerprint density at radius 1 is 1.06 bits per heavy atom. The molecule has 1 aromatic carbocycles. The summed E-state index contributed by atoms with van der Waals surface area (Å²) in [6.45, 7) is 5.58. The first-order valence-electron chi connectivity index (χ1n) is 10.7. The summed E-state index contributed by atoms with van der Waals surface area (Å²) in [5.74, 6) is -0.0935. The van der Waals surface area contributed by atoms with Crippen LogP contribution in [0.2, 0.25) is 0 Å². The summed E-state index contributed by atoms with van der Waals surface area (Å²) in [7, 11) is -9.79. The molecule has 3 nitrogen and oxygen atoms in total. The summed E-state index contributed by atoms with van der Waals surface area (Å²) in [5, 5.41) is 22.0. The Kier molecular flexibility index (Phi) is 4.89. The Morgan fingerprint density at radius 3 is 2.12 bits per heavy atom. The molecule has 1 aromatic heterocycles. The van der Waals surface area contributed by atoms with Crippen molar-refractivity contribution >= 4 is 10.2 Å². The molecule has 2 aliphatic rings. The number of aromatic nitrogens is 1. The topological polar surface area (TPSA) is 53.4 Å². The molecular formula is C23H28F5NO2S. The first-order valence-corrected chi connectivity index (χ1v) is 12.7. The molecule has 1 spiro atoms. The van der Waals surface area contributed by atoms with E-state index in [0.29, 0.717) is 40.9 Å². The Morgan fingerprint density at radius 2 is 1.66 bits per heavy atom. The maximum Gasteiger partial charge on any atom is 0.310 e. The third-order valence-electron chi connectivity index (χ3n) is 7.03. The summed E-state index contributed by atoms with van der Waals surface area (Å²) in [4.78, 5) is 2.82. The van der Waals surface area contributed by atoms with Crippen LogP contribution in [0.25, 0.3) is 0 Å². The highest BCUT2D eigenvalue weighted by Gasteiger charge is 2.65. The maximum atomic E-state index is 13.1. The number of halogens is 5. The lowest BCUT2D eigenvalue weighted by Crippen LogP contribution is -2.38. The zero-order chi connectivity index (χ0) is 23.8. The van der Waals surface area contributed by atoms with Crippen LogP contribution in [-0.2, 0) is 6.42 Å². The monoisotopic (exact) mass is 477 g/mol. The smallest absolute Gasteiger partial charge is 0.310 e. The van der Waals surface area contributed by atoms with Crippen LogP contribution in [0.5, 0.6) is 0 Å². The van der Waals surface area contributed by atoms with Gasteiger partial charge in [0.15, 0.2) is 0 Å². The normalized spacial score (nSPS) is 23.3. The average molecular weight is 478 g/mol. The molecule has 178 valence electrons. The van der Waals surface area contributed by atoms with Crippen molar-refractivity contribution in [3.8, 4) is 0 Å². The van der Waals surface area contributed by atoms with Crippen LogP contribution in [-0.4, -0.2) is 15.2 Å². The zero-order valence-electron chi connectivity index (χ0n) is 18.2. The lowest BCUT2D eigenvalue weighted by molar-refractivity contribution is 0.0237. The predicted molar refractivity (Wildman–Crippen MR) is 115 cm³/mol. The van der Waals surface area contributed by atoms with Gasteiger partial charge in [-0.3, -0.25) is 4.98 Å². The van der Waals surface area contributed by atoms with Gasteiger partial charge in [-0.15, -0.1) is 0 Å². The summed E-state index contributed by atoms with van der Waals surface area (Å²) in [5.41, 5.74) is 3.30. The number of aliphatic hydroxyl groups excluding tert-OH is 2. The van der Waals surface area contributed by atoms with Crippen LogP contribution in [0.15, 0.2) is 29.2 Å². The second-order valence-corrected chi connectivity index (χ2v) is 12.2. The molecule has 0 aliphatic heterocycles. The highest BCUT2D eigenvalue weighted by atomic mass is 32.5. The van der Waals surface area contributed by atoms with E-state index in [1.54, 1.807) is 6.92 Å². The average Bonchev–Trinajstić information content (AvgIpc) is 2.63. The van der Waals surface area contributed by atoms with E-state index in [4.69, 9.17) is 4.98 Å². The first-order chi connectivity index (χ1) is 14.5. The number of rotatable bonds is 4. The fraction of sp³-hybridized carbons (Fsp3) is 0.522. The van der Waals surface area contributed by atoms with Gasteiger partial charge in [0.05, 0.1) is 6.10 Å². The fourth-order valence-corrected chi connectivity index (χ4v) is 5.90. The van der Waals surface area contributed by atoms with E-state index >= 15 is 0 Å². The lowest BCUT2D eigenvalue weighted by atomic mass is 9.59. The van der Waals surface area contributed by atoms with Gasteiger partial charge < -0.3 is 10.2 Å². The molecule has 1 fully saturated rings. The number of pyridine rings is 1. The van der Waals surface area contributed by atoms with E-state index in [9.17, 15) is 29.6 Å². The van der Waals surface area contributed by atoms with E-state index in [1.165, 1.54) is 0 Å². The molecule has 1 saturated carbocycles. The van der Waals surface area contributed by atoms with Gasteiger partial charge in [-0.05, 0) is 67.2 Å². The van der Waals surface area contributed by atoms with E-state index in [-0.39, 0.29) is 16.9 Å². The van der Waals surface area contributed by atoms with E-state index in [2.05, 4.69) is 0 Å². The summed E-state index contributed by atoms with van der Waals surface area (Å²) in [6, 6.07) is 2.37. The van der Waals surface area contributed by atoms with Gasteiger partial charge in [-0.1, -0.05) is 51.8 Å². The molecule has 1 heterocycles. The van der Waals surface area contributed by atoms with Crippen LogP contribution >= 0.6 is 10.2 Å². The zero-order valence-corrected chi connectivity index (χ0v) is 19.0. The summed E-state index contributed by atoms with van der Waals surface area (Å²) < 4.78 is 65.3. The Balaban J connectivity index is 1.79. The molecule has 0 saturated heterocycles. The Hall–Kier alpha value is -1.71. The van der Waals surface area contributed by atoms with Crippen LogP contribution in [0, 0.1) is 12.3 Å². The second-order valence-electron chi connectivity index (χ2n) is 9.74. The molecule has 2 aliphatic carbocycles. The maximum absolute atomic E-state index is 13.1. The van der Waals surface area contributed by atoms with Crippen LogP contribution < -0.4 is 0 Å². The minimum Gasteiger partial charge on any atom is -0.388 e. The van der Waals surface area contributed by atoms with Crippen LogP contribution in [0.1, 0.15) is 91.3 Å². The molecule has 2 atom stereocenters. The van der Waals surface area contributed by atoms with Crippen molar-refractivity contribution in [1.29, 1.82) is 0 Å². The highest BCUT2D eigenvalue weighted by Crippen LogP contribution is 3.02. The van der Waals surface area contributed by atoms with Crippen LogP contribution in [0.3, 0.4) is 0 Å².